The van der Waals surface area contributed by atoms with Crippen LogP contribution in [0.5, 0.6) is 0 Å². The molecule has 3 rings (SSSR count). The van der Waals surface area contributed by atoms with Crippen LogP contribution in [0.4, 0.5) is 0 Å². The molecule has 0 unspecified atom stereocenters. The number of aliphatic hydroxyl groups excluding tert-OH is 1. The highest BCUT2D eigenvalue weighted by Crippen LogP contribution is 2.55. The van der Waals surface area contributed by atoms with Crippen molar-refractivity contribution in [3.05, 3.63) is 103 Å². The lowest BCUT2D eigenvalue weighted by Gasteiger charge is -2.26. The molecule has 0 radical (unpaired) electrons. The van der Waals surface area contributed by atoms with E-state index in [1.165, 1.54) is 15.9 Å². The van der Waals surface area contributed by atoms with Crippen molar-refractivity contribution >= 4 is 23.2 Å². The number of hydrogen-bond donors (Lipinski definition) is 1. The van der Waals surface area contributed by atoms with E-state index in [0.717, 1.165) is 6.16 Å². The summed E-state index contributed by atoms with van der Waals surface area (Å²) >= 11 is 0. The molecule has 3 heteroatoms. The summed E-state index contributed by atoms with van der Waals surface area (Å²) in [7, 11) is -1.78. The molecule has 1 N–H and O–H groups in total. The van der Waals surface area contributed by atoms with Crippen LogP contribution in [0.15, 0.2) is 103 Å². The number of halogens is 1. The van der Waals surface area contributed by atoms with Crippen molar-refractivity contribution in [2.45, 2.75) is 0 Å². The highest BCUT2D eigenvalue weighted by molar-refractivity contribution is 7.95. The maximum atomic E-state index is 9.20. The van der Waals surface area contributed by atoms with Crippen molar-refractivity contribution in [2.75, 3.05) is 12.8 Å². The van der Waals surface area contributed by atoms with E-state index in [-0.39, 0.29) is 23.6 Å². The van der Waals surface area contributed by atoms with E-state index in [2.05, 4.69) is 97.1 Å². The summed E-state index contributed by atoms with van der Waals surface area (Å²) in [6.45, 7) is 0.0817. The Morgan fingerprint density at radius 3 is 1.28 bits per heavy atom. The third-order valence-electron chi connectivity index (χ3n) is 4.24. The van der Waals surface area contributed by atoms with Crippen LogP contribution >= 0.6 is 7.26 Å². The van der Waals surface area contributed by atoms with E-state index < -0.39 is 7.26 Å². The van der Waals surface area contributed by atoms with Gasteiger partial charge in [-0.15, -0.1) is 0 Å². The van der Waals surface area contributed by atoms with Gasteiger partial charge >= 0.3 is 0 Å². The summed E-state index contributed by atoms with van der Waals surface area (Å²) in [6, 6.07) is 32.3. The second-order valence-electron chi connectivity index (χ2n) is 5.65. The largest absolute Gasteiger partial charge is 1.00 e. The first-order valence-corrected chi connectivity index (χ1v) is 10.2. The van der Waals surface area contributed by atoms with Crippen LogP contribution in [0.1, 0.15) is 0 Å². The average Bonchev–Trinajstić information content (AvgIpc) is 2.68. The summed E-state index contributed by atoms with van der Waals surface area (Å²) in [5, 5.41) is 13.3. The molecule has 0 aromatic heterocycles. The predicted molar refractivity (Wildman–Crippen MR) is 106 cm³/mol. The van der Waals surface area contributed by atoms with Gasteiger partial charge in [0.1, 0.15) is 23.2 Å². The molecule has 0 aliphatic carbocycles. The lowest BCUT2D eigenvalue weighted by molar-refractivity contribution is -0.00000563. The fraction of sp³-hybridized carbons (Fsp3) is 0.0909. The number of rotatable bonds is 6. The van der Waals surface area contributed by atoms with E-state index in [1.807, 2.05) is 6.08 Å². The van der Waals surface area contributed by atoms with Crippen molar-refractivity contribution in [2.24, 2.45) is 0 Å². The molecule has 0 aliphatic rings. The summed E-state index contributed by atoms with van der Waals surface area (Å²) in [5.41, 5.74) is 0. The number of hydrogen-bond acceptors (Lipinski definition) is 1. The van der Waals surface area contributed by atoms with Gasteiger partial charge < -0.3 is 22.1 Å². The zero-order chi connectivity index (χ0) is 16.7. The highest BCUT2D eigenvalue weighted by Gasteiger charge is 2.43. The Hall–Kier alpha value is -1.73. The Bertz CT molecular complexity index is 676. The Balaban J connectivity index is 0.00000225. The minimum absolute atomic E-state index is 0. The van der Waals surface area contributed by atoms with Gasteiger partial charge in [-0.3, -0.25) is 0 Å². The maximum absolute atomic E-state index is 9.20. The van der Waals surface area contributed by atoms with Crippen LogP contribution in [0.25, 0.3) is 0 Å². The van der Waals surface area contributed by atoms with E-state index in [4.69, 9.17) is 0 Å². The lowest BCUT2D eigenvalue weighted by atomic mass is 10.4. The van der Waals surface area contributed by atoms with Crippen molar-refractivity contribution in [1.29, 1.82) is 0 Å². The second kappa shape index (κ2) is 9.68. The third-order valence-corrected chi connectivity index (χ3v) is 8.54. The van der Waals surface area contributed by atoms with E-state index >= 15 is 0 Å². The van der Waals surface area contributed by atoms with Gasteiger partial charge in [-0.05, 0) is 42.5 Å². The summed E-state index contributed by atoms with van der Waals surface area (Å²) in [5.74, 6) is 0. The molecule has 3 aromatic rings. The van der Waals surface area contributed by atoms with E-state index in [0.29, 0.717) is 0 Å². The normalized spacial score (nSPS) is 11.2. The topological polar surface area (TPSA) is 20.2 Å². The van der Waals surface area contributed by atoms with Crippen LogP contribution in [-0.2, 0) is 0 Å². The Morgan fingerprint density at radius 2 is 0.960 bits per heavy atom. The molecule has 0 spiro atoms. The monoisotopic (exact) mass is 412 g/mol. The van der Waals surface area contributed by atoms with Gasteiger partial charge in [-0.25, -0.2) is 0 Å². The first-order valence-electron chi connectivity index (χ1n) is 8.19. The molecule has 25 heavy (non-hydrogen) atoms. The maximum Gasteiger partial charge on any atom is 0.115 e. The summed E-state index contributed by atoms with van der Waals surface area (Å²) in [6.07, 6.45) is 4.88. The van der Waals surface area contributed by atoms with Gasteiger partial charge in [0.15, 0.2) is 0 Å². The Morgan fingerprint density at radius 1 is 0.600 bits per heavy atom. The van der Waals surface area contributed by atoms with Gasteiger partial charge in [0.25, 0.3) is 0 Å². The van der Waals surface area contributed by atoms with Gasteiger partial charge in [0.2, 0.25) is 0 Å². The molecule has 0 bridgehead atoms. The molecule has 128 valence electrons. The quantitative estimate of drug-likeness (QED) is 0.462. The molecular formula is C22H22BrOP. The molecule has 0 heterocycles. The Labute approximate surface area is 161 Å². The molecule has 0 saturated heterocycles. The minimum atomic E-state index is -1.78. The third kappa shape index (κ3) is 4.27. The van der Waals surface area contributed by atoms with E-state index in [1.54, 1.807) is 0 Å². The van der Waals surface area contributed by atoms with Crippen LogP contribution < -0.4 is 32.9 Å². The van der Waals surface area contributed by atoms with Gasteiger partial charge in [-0.1, -0.05) is 60.7 Å². The van der Waals surface area contributed by atoms with Gasteiger partial charge in [-0.2, -0.15) is 0 Å². The zero-order valence-electron chi connectivity index (χ0n) is 14.0. The summed E-state index contributed by atoms with van der Waals surface area (Å²) < 4.78 is 0. The van der Waals surface area contributed by atoms with Crippen LogP contribution in [-0.4, -0.2) is 17.9 Å². The zero-order valence-corrected chi connectivity index (χ0v) is 16.5. The lowest BCUT2D eigenvalue weighted by Crippen LogP contribution is -3.00. The van der Waals surface area contributed by atoms with Crippen LogP contribution in [0, 0.1) is 0 Å². The molecule has 0 atom stereocenters. The first-order chi connectivity index (χ1) is 11.9. The van der Waals surface area contributed by atoms with Crippen LogP contribution in [0.3, 0.4) is 0 Å². The summed E-state index contributed by atoms with van der Waals surface area (Å²) in [4.78, 5) is 0. The fourth-order valence-electron chi connectivity index (χ4n) is 3.12. The van der Waals surface area contributed by atoms with E-state index in [9.17, 15) is 5.11 Å². The van der Waals surface area contributed by atoms with Crippen molar-refractivity contribution in [1.82, 2.24) is 0 Å². The molecule has 0 fully saturated rings. The molecule has 0 saturated carbocycles. The van der Waals surface area contributed by atoms with Gasteiger partial charge in [0, 0.05) is 0 Å². The number of aliphatic hydroxyl groups is 1. The van der Waals surface area contributed by atoms with Crippen LogP contribution in [0.2, 0.25) is 0 Å². The fourth-order valence-corrected chi connectivity index (χ4v) is 7.15. The standard InChI is InChI=1S/C22H22OP.BrH/c23-18-10-11-19-24(20-12-4-1-5-13-20,21-14-6-2-7-15-21)22-16-8-3-9-17-22;/h1-17,23H,18-19H2;1H/q+1;/p-1/b11-10+;. The number of allylic oxidation sites excluding steroid dienone is 1. The van der Waals surface area contributed by atoms with Crippen molar-refractivity contribution in [3.8, 4) is 0 Å². The minimum Gasteiger partial charge on any atom is -1.00 e. The van der Waals surface area contributed by atoms with Crippen molar-refractivity contribution < 1.29 is 22.1 Å². The highest BCUT2D eigenvalue weighted by atomic mass is 79.9. The Kier molecular flexibility index (Phi) is 7.58. The first kappa shape index (κ1) is 19.6. The molecule has 1 nitrogen and oxygen atoms in total. The number of benzene rings is 3. The second-order valence-corrected chi connectivity index (χ2v) is 9.19. The average molecular weight is 413 g/mol. The predicted octanol–water partition coefficient (Wildman–Crippen LogP) is 0.533. The smallest absolute Gasteiger partial charge is 0.115 e. The molecule has 3 aromatic carbocycles. The molecule has 0 amide bonds. The molecular weight excluding hydrogens is 391 g/mol. The van der Waals surface area contributed by atoms with Crippen molar-refractivity contribution in [3.63, 3.8) is 0 Å². The molecule has 0 aliphatic heterocycles. The van der Waals surface area contributed by atoms with Gasteiger partial charge in [0.05, 0.1) is 12.8 Å². The SMILES string of the molecule is OC/C=C/C[P+](c1ccccc1)(c1ccccc1)c1ccccc1.[Br-].